The molecule has 0 heterocycles. The number of nitrogens with two attached hydrogens (primary N) is 1. The molecule has 3 N–H and O–H groups in total. The zero-order chi connectivity index (χ0) is 15.4. The van der Waals surface area contributed by atoms with Crippen molar-refractivity contribution in [3.63, 3.8) is 0 Å². The second-order valence-corrected chi connectivity index (χ2v) is 4.45. The molecule has 0 aromatic heterocycles. The van der Waals surface area contributed by atoms with E-state index in [4.69, 9.17) is 10.5 Å². The standard InChI is InChI=1S/C15H14F2N2O2/c1-9(21-14-6-5-10(16)7-13(14)17)15(20)19-12-4-2-3-11(18)8-12/h2-9H,18H2,1H3,(H,19,20). The van der Waals surface area contributed by atoms with Gasteiger partial charge in [0, 0.05) is 17.4 Å². The molecule has 0 aliphatic heterocycles. The van der Waals surface area contributed by atoms with E-state index in [-0.39, 0.29) is 5.75 Å². The molecule has 6 heteroatoms. The Morgan fingerprint density at radius 3 is 2.67 bits per heavy atom. The maximum Gasteiger partial charge on any atom is 0.265 e. The Labute approximate surface area is 120 Å². The first-order valence-electron chi connectivity index (χ1n) is 6.24. The Hall–Kier alpha value is -2.63. The maximum atomic E-state index is 13.4. The summed E-state index contributed by atoms with van der Waals surface area (Å²) < 4.78 is 31.4. The lowest BCUT2D eigenvalue weighted by Crippen LogP contribution is -2.30. The second kappa shape index (κ2) is 6.21. The fraction of sp³-hybridized carbons (Fsp3) is 0.133. The van der Waals surface area contributed by atoms with Crippen molar-refractivity contribution in [2.45, 2.75) is 13.0 Å². The molecule has 1 unspecified atom stereocenters. The van der Waals surface area contributed by atoms with E-state index < -0.39 is 23.6 Å². The van der Waals surface area contributed by atoms with Gasteiger partial charge >= 0.3 is 0 Å². The first-order chi connectivity index (χ1) is 9.95. The second-order valence-electron chi connectivity index (χ2n) is 4.45. The molecule has 2 aromatic rings. The van der Waals surface area contributed by atoms with Gasteiger partial charge in [0.05, 0.1) is 0 Å². The molecule has 0 radical (unpaired) electrons. The molecule has 0 saturated carbocycles. The van der Waals surface area contributed by atoms with E-state index >= 15 is 0 Å². The number of nitrogen functional groups attached to an aromatic ring is 1. The van der Waals surface area contributed by atoms with Crippen molar-refractivity contribution in [3.8, 4) is 5.75 Å². The highest BCUT2D eigenvalue weighted by Crippen LogP contribution is 2.19. The van der Waals surface area contributed by atoms with E-state index in [2.05, 4.69) is 5.32 Å². The van der Waals surface area contributed by atoms with Gasteiger partial charge in [0.1, 0.15) is 5.82 Å². The maximum absolute atomic E-state index is 13.4. The van der Waals surface area contributed by atoms with Gasteiger partial charge in [-0.25, -0.2) is 8.78 Å². The summed E-state index contributed by atoms with van der Waals surface area (Å²) in [4.78, 5) is 11.9. The summed E-state index contributed by atoms with van der Waals surface area (Å²) in [6.45, 7) is 1.46. The Morgan fingerprint density at radius 2 is 2.00 bits per heavy atom. The summed E-state index contributed by atoms with van der Waals surface area (Å²) in [5.74, 6) is -2.23. The molecule has 2 aromatic carbocycles. The van der Waals surface area contributed by atoms with Crippen LogP contribution in [0.3, 0.4) is 0 Å². The number of anilines is 2. The van der Waals surface area contributed by atoms with E-state index in [9.17, 15) is 13.6 Å². The van der Waals surface area contributed by atoms with Crippen LogP contribution < -0.4 is 15.8 Å². The minimum absolute atomic E-state index is 0.188. The molecule has 4 nitrogen and oxygen atoms in total. The van der Waals surface area contributed by atoms with Crippen molar-refractivity contribution >= 4 is 17.3 Å². The van der Waals surface area contributed by atoms with Crippen LogP contribution in [0, 0.1) is 11.6 Å². The van der Waals surface area contributed by atoms with Crippen molar-refractivity contribution in [1.82, 2.24) is 0 Å². The first kappa shape index (κ1) is 14.8. The number of halogens is 2. The Bertz CT molecular complexity index is 662. The van der Waals surface area contributed by atoms with Gasteiger partial charge in [-0.15, -0.1) is 0 Å². The molecule has 0 aliphatic carbocycles. The summed E-state index contributed by atoms with van der Waals surface area (Å²) in [6, 6.07) is 9.51. The third kappa shape index (κ3) is 3.92. The molecule has 1 atom stereocenters. The van der Waals surface area contributed by atoms with Crippen LogP contribution in [-0.4, -0.2) is 12.0 Å². The predicted molar refractivity (Wildman–Crippen MR) is 75.9 cm³/mol. The predicted octanol–water partition coefficient (Wildman–Crippen LogP) is 2.95. The molecule has 2 rings (SSSR count). The summed E-state index contributed by atoms with van der Waals surface area (Å²) in [5.41, 5.74) is 6.62. The third-order valence-electron chi connectivity index (χ3n) is 2.72. The normalized spacial score (nSPS) is 11.8. The lowest BCUT2D eigenvalue weighted by molar-refractivity contribution is -0.122. The zero-order valence-corrected chi connectivity index (χ0v) is 11.3. The monoisotopic (exact) mass is 292 g/mol. The van der Waals surface area contributed by atoms with E-state index in [1.165, 1.54) is 6.92 Å². The summed E-state index contributed by atoms with van der Waals surface area (Å²) in [6.07, 6.45) is -0.952. The van der Waals surface area contributed by atoms with E-state index in [0.29, 0.717) is 17.4 Å². The molecule has 0 saturated heterocycles. The quantitative estimate of drug-likeness (QED) is 0.852. The molecule has 110 valence electrons. The number of ether oxygens (including phenoxy) is 1. The van der Waals surface area contributed by atoms with Gasteiger partial charge in [-0.3, -0.25) is 4.79 Å². The number of carbonyl (C=O) groups excluding carboxylic acids is 1. The van der Waals surface area contributed by atoms with Gasteiger partial charge in [0.25, 0.3) is 5.91 Å². The zero-order valence-electron chi connectivity index (χ0n) is 11.3. The van der Waals surface area contributed by atoms with Crippen LogP contribution in [0.4, 0.5) is 20.2 Å². The molecule has 21 heavy (non-hydrogen) atoms. The first-order valence-corrected chi connectivity index (χ1v) is 6.24. The topological polar surface area (TPSA) is 64.3 Å². The van der Waals surface area contributed by atoms with Crippen molar-refractivity contribution < 1.29 is 18.3 Å². The van der Waals surface area contributed by atoms with Crippen molar-refractivity contribution in [1.29, 1.82) is 0 Å². The number of rotatable bonds is 4. The molecular formula is C15H14F2N2O2. The highest BCUT2D eigenvalue weighted by molar-refractivity contribution is 5.94. The average Bonchev–Trinajstić information content (AvgIpc) is 2.41. The van der Waals surface area contributed by atoms with Crippen LogP contribution in [0.1, 0.15) is 6.92 Å². The summed E-state index contributed by atoms with van der Waals surface area (Å²) in [7, 11) is 0. The molecule has 0 aliphatic rings. The van der Waals surface area contributed by atoms with E-state index in [1.807, 2.05) is 0 Å². The van der Waals surface area contributed by atoms with Crippen molar-refractivity contribution in [3.05, 3.63) is 54.1 Å². The number of nitrogens with one attached hydrogen (secondary N) is 1. The van der Waals surface area contributed by atoms with Gasteiger partial charge in [0.2, 0.25) is 0 Å². The summed E-state index contributed by atoms with van der Waals surface area (Å²) >= 11 is 0. The smallest absolute Gasteiger partial charge is 0.265 e. The van der Waals surface area contributed by atoms with Crippen LogP contribution in [0.25, 0.3) is 0 Å². The van der Waals surface area contributed by atoms with Gasteiger partial charge in [-0.2, -0.15) is 0 Å². The van der Waals surface area contributed by atoms with Crippen LogP contribution in [0.5, 0.6) is 5.75 Å². The van der Waals surface area contributed by atoms with Gasteiger partial charge in [0.15, 0.2) is 17.7 Å². The Balaban J connectivity index is 2.02. The van der Waals surface area contributed by atoms with Crippen LogP contribution in [-0.2, 0) is 4.79 Å². The van der Waals surface area contributed by atoms with Crippen molar-refractivity contribution in [2.24, 2.45) is 0 Å². The lowest BCUT2D eigenvalue weighted by atomic mass is 10.2. The number of amides is 1. The molecule has 1 amide bonds. The van der Waals surface area contributed by atoms with Gasteiger partial charge < -0.3 is 15.8 Å². The van der Waals surface area contributed by atoms with Gasteiger partial charge in [-0.05, 0) is 37.3 Å². The number of hydrogen-bond donors (Lipinski definition) is 2. The molecule has 0 bridgehead atoms. The largest absolute Gasteiger partial charge is 0.478 e. The van der Waals surface area contributed by atoms with E-state index in [1.54, 1.807) is 24.3 Å². The van der Waals surface area contributed by atoms with Crippen LogP contribution in [0.15, 0.2) is 42.5 Å². The molecular weight excluding hydrogens is 278 g/mol. The SMILES string of the molecule is CC(Oc1ccc(F)cc1F)C(=O)Nc1cccc(N)c1. The highest BCUT2D eigenvalue weighted by atomic mass is 19.1. The lowest BCUT2D eigenvalue weighted by Gasteiger charge is -2.15. The van der Waals surface area contributed by atoms with Gasteiger partial charge in [-0.1, -0.05) is 6.07 Å². The highest BCUT2D eigenvalue weighted by Gasteiger charge is 2.17. The fourth-order valence-electron chi connectivity index (χ4n) is 1.68. The Kier molecular flexibility index (Phi) is 4.37. The van der Waals surface area contributed by atoms with E-state index in [0.717, 1.165) is 12.1 Å². The fourth-order valence-corrected chi connectivity index (χ4v) is 1.68. The number of carbonyl (C=O) groups is 1. The van der Waals surface area contributed by atoms with Crippen molar-refractivity contribution in [2.75, 3.05) is 11.1 Å². The third-order valence-corrected chi connectivity index (χ3v) is 2.72. The van der Waals surface area contributed by atoms with Crippen LogP contribution in [0.2, 0.25) is 0 Å². The summed E-state index contributed by atoms with van der Waals surface area (Å²) in [5, 5.41) is 2.59. The number of hydrogen-bond acceptors (Lipinski definition) is 3. The van der Waals surface area contributed by atoms with Crippen LogP contribution >= 0.6 is 0 Å². The minimum atomic E-state index is -0.952. The average molecular weight is 292 g/mol. The molecule has 0 spiro atoms. The Morgan fingerprint density at radius 1 is 1.24 bits per heavy atom. The number of benzene rings is 2. The minimum Gasteiger partial charge on any atom is -0.478 e. The molecule has 0 fully saturated rings.